The first-order valence-corrected chi connectivity index (χ1v) is 6.00. The Morgan fingerprint density at radius 1 is 1.53 bits per heavy atom. The van der Waals surface area contributed by atoms with Crippen LogP contribution >= 0.6 is 0 Å². The number of morpholine rings is 1. The maximum absolute atomic E-state index is 11.9. The SMILES string of the molecule is O=C(O)[C@@H](Cc1cnc[nH]1)NC(=O)N1CCOCC1. The van der Waals surface area contributed by atoms with E-state index in [4.69, 9.17) is 9.84 Å². The third-order valence-corrected chi connectivity index (χ3v) is 2.87. The van der Waals surface area contributed by atoms with E-state index < -0.39 is 12.0 Å². The highest BCUT2D eigenvalue weighted by Crippen LogP contribution is 2.02. The number of aliphatic carboxylic acids is 1. The Labute approximate surface area is 109 Å². The molecule has 19 heavy (non-hydrogen) atoms. The Morgan fingerprint density at radius 3 is 2.84 bits per heavy atom. The van der Waals surface area contributed by atoms with Crippen LogP contribution in [-0.2, 0) is 16.0 Å². The zero-order chi connectivity index (χ0) is 13.7. The fraction of sp³-hybridized carbons (Fsp3) is 0.545. The first-order valence-electron chi connectivity index (χ1n) is 6.00. The third kappa shape index (κ3) is 3.68. The second kappa shape index (κ2) is 6.19. The average molecular weight is 268 g/mol. The summed E-state index contributed by atoms with van der Waals surface area (Å²) < 4.78 is 5.14. The predicted octanol–water partition coefficient (Wildman–Crippen LogP) is -0.553. The number of amides is 2. The Kier molecular flexibility index (Phi) is 4.35. The smallest absolute Gasteiger partial charge is 0.326 e. The van der Waals surface area contributed by atoms with E-state index in [9.17, 15) is 9.59 Å². The molecule has 0 saturated carbocycles. The molecule has 0 radical (unpaired) electrons. The molecule has 3 N–H and O–H groups in total. The van der Waals surface area contributed by atoms with Crippen LogP contribution in [0.4, 0.5) is 4.79 Å². The molecule has 1 aromatic heterocycles. The van der Waals surface area contributed by atoms with Crippen LogP contribution in [0.15, 0.2) is 12.5 Å². The lowest BCUT2D eigenvalue weighted by Gasteiger charge is -2.28. The van der Waals surface area contributed by atoms with Crippen LogP contribution in [0.3, 0.4) is 0 Å². The van der Waals surface area contributed by atoms with Crippen molar-refractivity contribution in [3.05, 3.63) is 18.2 Å². The maximum atomic E-state index is 11.9. The van der Waals surface area contributed by atoms with Crippen LogP contribution in [-0.4, -0.2) is 64.3 Å². The Bertz CT molecular complexity index is 428. The number of carbonyl (C=O) groups is 2. The van der Waals surface area contributed by atoms with Crippen LogP contribution < -0.4 is 5.32 Å². The van der Waals surface area contributed by atoms with Crippen molar-refractivity contribution in [3.8, 4) is 0 Å². The number of carbonyl (C=O) groups excluding carboxylic acids is 1. The summed E-state index contributed by atoms with van der Waals surface area (Å²) in [5.74, 6) is -1.07. The summed E-state index contributed by atoms with van der Waals surface area (Å²) in [6.07, 6.45) is 3.18. The van der Waals surface area contributed by atoms with E-state index in [0.717, 1.165) is 0 Å². The summed E-state index contributed by atoms with van der Waals surface area (Å²) in [7, 11) is 0. The van der Waals surface area contributed by atoms with Gasteiger partial charge in [0.25, 0.3) is 0 Å². The number of nitrogens with one attached hydrogen (secondary N) is 2. The van der Waals surface area contributed by atoms with Gasteiger partial charge in [0, 0.05) is 31.4 Å². The topological polar surface area (TPSA) is 108 Å². The monoisotopic (exact) mass is 268 g/mol. The fourth-order valence-electron chi connectivity index (χ4n) is 1.82. The average Bonchev–Trinajstić information content (AvgIpc) is 2.91. The first-order chi connectivity index (χ1) is 9.16. The van der Waals surface area contributed by atoms with Crippen LogP contribution in [0.5, 0.6) is 0 Å². The number of carboxylic acids is 1. The third-order valence-electron chi connectivity index (χ3n) is 2.87. The van der Waals surface area contributed by atoms with E-state index in [0.29, 0.717) is 32.0 Å². The van der Waals surface area contributed by atoms with E-state index in [1.807, 2.05) is 0 Å². The first kappa shape index (κ1) is 13.3. The molecule has 1 fully saturated rings. The number of ether oxygens (including phenoxy) is 1. The number of H-pyrrole nitrogens is 1. The van der Waals surface area contributed by atoms with Crippen molar-refractivity contribution in [3.63, 3.8) is 0 Å². The van der Waals surface area contributed by atoms with Gasteiger partial charge in [0.2, 0.25) is 0 Å². The van der Waals surface area contributed by atoms with Crippen molar-refractivity contribution >= 4 is 12.0 Å². The Hall–Kier alpha value is -2.09. The van der Waals surface area contributed by atoms with Crippen molar-refractivity contribution in [2.24, 2.45) is 0 Å². The Morgan fingerprint density at radius 2 is 2.26 bits per heavy atom. The molecule has 104 valence electrons. The van der Waals surface area contributed by atoms with Crippen molar-refractivity contribution < 1.29 is 19.4 Å². The number of nitrogens with zero attached hydrogens (tertiary/aromatic N) is 2. The minimum absolute atomic E-state index is 0.172. The molecule has 2 rings (SSSR count). The van der Waals surface area contributed by atoms with Gasteiger partial charge in [-0.1, -0.05) is 0 Å². The van der Waals surface area contributed by atoms with Gasteiger partial charge in [0.1, 0.15) is 6.04 Å². The minimum Gasteiger partial charge on any atom is -0.480 e. The molecule has 0 unspecified atom stereocenters. The van der Waals surface area contributed by atoms with Gasteiger partial charge in [-0.05, 0) is 0 Å². The van der Waals surface area contributed by atoms with Crippen LogP contribution in [0.1, 0.15) is 5.69 Å². The molecule has 0 aromatic carbocycles. The van der Waals surface area contributed by atoms with Gasteiger partial charge in [-0.15, -0.1) is 0 Å². The second-order valence-corrected chi connectivity index (χ2v) is 4.22. The molecule has 1 saturated heterocycles. The molecular weight excluding hydrogens is 252 g/mol. The standard InChI is InChI=1S/C11H16N4O4/c16-10(17)9(5-8-6-12-7-13-8)14-11(18)15-1-3-19-4-2-15/h6-7,9H,1-5H2,(H,12,13)(H,14,18)(H,16,17)/t9-/m1/s1. The van der Waals surface area contributed by atoms with Gasteiger partial charge in [0.05, 0.1) is 19.5 Å². The number of aromatic nitrogens is 2. The molecule has 0 aliphatic carbocycles. The van der Waals surface area contributed by atoms with Crippen molar-refractivity contribution in [1.82, 2.24) is 20.2 Å². The van der Waals surface area contributed by atoms with E-state index in [-0.39, 0.29) is 12.5 Å². The molecule has 2 amide bonds. The highest BCUT2D eigenvalue weighted by atomic mass is 16.5. The number of hydrogen-bond acceptors (Lipinski definition) is 4. The summed E-state index contributed by atoms with van der Waals surface area (Å²) in [5.41, 5.74) is 0.662. The van der Waals surface area contributed by atoms with Crippen molar-refractivity contribution in [1.29, 1.82) is 0 Å². The molecule has 8 heteroatoms. The lowest BCUT2D eigenvalue weighted by Crippen LogP contribution is -2.51. The van der Waals surface area contributed by atoms with Crippen molar-refractivity contribution in [2.45, 2.75) is 12.5 Å². The van der Waals surface area contributed by atoms with Crippen LogP contribution in [0, 0.1) is 0 Å². The molecule has 1 aliphatic rings. The molecule has 0 bridgehead atoms. The fourth-order valence-corrected chi connectivity index (χ4v) is 1.82. The van der Waals surface area contributed by atoms with Gasteiger partial charge in [-0.3, -0.25) is 0 Å². The maximum Gasteiger partial charge on any atom is 0.326 e. The number of rotatable bonds is 4. The zero-order valence-corrected chi connectivity index (χ0v) is 10.3. The van der Waals surface area contributed by atoms with Crippen LogP contribution in [0.25, 0.3) is 0 Å². The predicted molar refractivity (Wildman–Crippen MR) is 64.6 cm³/mol. The van der Waals surface area contributed by atoms with Gasteiger partial charge in [-0.25, -0.2) is 14.6 Å². The number of carboxylic acid groups (broad SMARTS) is 1. The molecule has 1 aromatic rings. The Balaban J connectivity index is 1.92. The summed E-state index contributed by atoms with van der Waals surface area (Å²) in [5, 5.41) is 11.6. The number of aromatic amines is 1. The summed E-state index contributed by atoms with van der Waals surface area (Å²) in [6.45, 7) is 1.90. The highest BCUT2D eigenvalue weighted by Gasteiger charge is 2.24. The molecule has 1 aliphatic heterocycles. The molecular formula is C11H16N4O4. The van der Waals surface area contributed by atoms with Gasteiger partial charge >= 0.3 is 12.0 Å². The zero-order valence-electron chi connectivity index (χ0n) is 10.3. The van der Waals surface area contributed by atoms with E-state index in [1.54, 1.807) is 4.90 Å². The summed E-state index contributed by atoms with van der Waals surface area (Å²) >= 11 is 0. The lowest BCUT2D eigenvalue weighted by molar-refractivity contribution is -0.139. The van der Waals surface area contributed by atoms with Gasteiger partial charge in [0.15, 0.2) is 0 Å². The molecule has 1 atom stereocenters. The van der Waals surface area contributed by atoms with Crippen LogP contribution in [0.2, 0.25) is 0 Å². The second-order valence-electron chi connectivity index (χ2n) is 4.22. The normalized spacial score (nSPS) is 16.9. The summed E-state index contributed by atoms with van der Waals surface area (Å²) in [6, 6.07) is -1.36. The van der Waals surface area contributed by atoms with Crippen molar-refractivity contribution in [2.75, 3.05) is 26.3 Å². The summed E-state index contributed by atoms with van der Waals surface area (Å²) in [4.78, 5) is 31.2. The number of imidazole rings is 1. The molecule has 8 nitrogen and oxygen atoms in total. The van der Waals surface area contributed by atoms with E-state index in [1.165, 1.54) is 12.5 Å². The molecule has 0 spiro atoms. The minimum atomic E-state index is -1.07. The quantitative estimate of drug-likeness (QED) is 0.679. The molecule has 2 heterocycles. The number of urea groups is 1. The van der Waals surface area contributed by atoms with Gasteiger partial charge < -0.3 is 25.0 Å². The largest absolute Gasteiger partial charge is 0.480 e. The highest BCUT2D eigenvalue weighted by molar-refractivity contribution is 5.82. The number of hydrogen-bond donors (Lipinski definition) is 3. The van der Waals surface area contributed by atoms with E-state index >= 15 is 0 Å². The lowest BCUT2D eigenvalue weighted by atomic mass is 10.1. The van der Waals surface area contributed by atoms with E-state index in [2.05, 4.69) is 15.3 Å². The van der Waals surface area contributed by atoms with Gasteiger partial charge in [-0.2, -0.15) is 0 Å².